The molecule has 0 unspecified atom stereocenters. The van der Waals surface area contributed by atoms with Gasteiger partial charge in [-0.25, -0.2) is 4.98 Å². The number of aromatic nitrogens is 1. The van der Waals surface area contributed by atoms with Gasteiger partial charge in [-0.2, -0.15) is 0 Å². The summed E-state index contributed by atoms with van der Waals surface area (Å²) in [5, 5.41) is 5.78. The second-order valence-corrected chi connectivity index (χ2v) is 7.36. The maximum atomic E-state index is 12.3. The number of anilines is 1. The number of oxazole rings is 1. The topological polar surface area (TPSA) is 84.2 Å². The summed E-state index contributed by atoms with van der Waals surface area (Å²) >= 11 is 0. The molecule has 29 heavy (non-hydrogen) atoms. The van der Waals surface area contributed by atoms with Gasteiger partial charge in [0.2, 0.25) is 5.91 Å². The fourth-order valence-electron chi connectivity index (χ4n) is 2.96. The molecule has 0 saturated heterocycles. The predicted molar refractivity (Wildman–Crippen MR) is 111 cm³/mol. The number of nitrogens with zero attached hydrogens (tertiary/aromatic N) is 1. The lowest BCUT2D eigenvalue weighted by Gasteiger charge is -2.07. The highest BCUT2D eigenvalue weighted by molar-refractivity contribution is 5.97. The van der Waals surface area contributed by atoms with E-state index in [0.29, 0.717) is 35.4 Å². The Balaban J connectivity index is 1.31. The maximum Gasteiger partial charge on any atom is 0.251 e. The number of nitrogens with one attached hydrogen (secondary N) is 2. The van der Waals surface area contributed by atoms with Crippen LogP contribution in [0.4, 0.5) is 5.69 Å². The van der Waals surface area contributed by atoms with Gasteiger partial charge in [0.05, 0.1) is 6.20 Å². The van der Waals surface area contributed by atoms with Crippen molar-refractivity contribution in [3.63, 3.8) is 0 Å². The first-order valence-corrected chi connectivity index (χ1v) is 9.79. The summed E-state index contributed by atoms with van der Waals surface area (Å²) in [7, 11) is 0. The normalized spacial score (nSPS) is 13.1. The van der Waals surface area contributed by atoms with Gasteiger partial charge in [0.15, 0.2) is 11.7 Å². The highest BCUT2D eigenvalue weighted by Gasteiger charge is 2.23. The molecule has 0 atom stereocenters. The van der Waals surface area contributed by atoms with Crippen LogP contribution >= 0.6 is 0 Å². The minimum Gasteiger partial charge on any atom is -0.441 e. The van der Waals surface area contributed by atoms with E-state index >= 15 is 0 Å². The van der Waals surface area contributed by atoms with Crippen LogP contribution in [0.2, 0.25) is 0 Å². The quantitative estimate of drug-likeness (QED) is 0.637. The SMILES string of the molecule is Cc1ccc(-c2cnc(CCC(=O)Nc3cccc(C(=O)NC4CC4)c3)o2)cc1. The number of hydrogen-bond acceptors (Lipinski definition) is 4. The van der Waals surface area contributed by atoms with Crippen LogP contribution in [-0.4, -0.2) is 22.8 Å². The van der Waals surface area contributed by atoms with Gasteiger partial charge in [-0.3, -0.25) is 9.59 Å². The fraction of sp³-hybridized carbons (Fsp3) is 0.261. The van der Waals surface area contributed by atoms with E-state index in [1.54, 1.807) is 30.5 Å². The second kappa shape index (κ2) is 8.31. The Morgan fingerprint density at radius 3 is 2.69 bits per heavy atom. The van der Waals surface area contributed by atoms with E-state index in [4.69, 9.17) is 4.42 Å². The Kier molecular flexibility index (Phi) is 5.42. The lowest BCUT2D eigenvalue weighted by molar-refractivity contribution is -0.116. The largest absolute Gasteiger partial charge is 0.441 e. The van der Waals surface area contributed by atoms with Gasteiger partial charge in [-0.1, -0.05) is 35.9 Å². The van der Waals surface area contributed by atoms with E-state index in [0.717, 1.165) is 18.4 Å². The number of aryl methyl sites for hydroxylation is 2. The molecule has 0 spiro atoms. The zero-order valence-corrected chi connectivity index (χ0v) is 16.3. The second-order valence-electron chi connectivity index (χ2n) is 7.36. The zero-order chi connectivity index (χ0) is 20.2. The third kappa shape index (κ3) is 5.10. The van der Waals surface area contributed by atoms with Crippen molar-refractivity contribution in [1.82, 2.24) is 10.3 Å². The van der Waals surface area contributed by atoms with Gasteiger partial charge in [-0.15, -0.1) is 0 Å². The van der Waals surface area contributed by atoms with Crippen LogP contribution in [0.5, 0.6) is 0 Å². The van der Waals surface area contributed by atoms with Crippen LogP contribution in [0.15, 0.2) is 59.1 Å². The fourth-order valence-corrected chi connectivity index (χ4v) is 2.96. The van der Waals surface area contributed by atoms with Crippen LogP contribution in [0.25, 0.3) is 11.3 Å². The van der Waals surface area contributed by atoms with E-state index in [9.17, 15) is 9.59 Å². The Hall–Kier alpha value is -3.41. The summed E-state index contributed by atoms with van der Waals surface area (Å²) in [5.41, 5.74) is 3.29. The van der Waals surface area contributed by atoms with Gasteiger partial charge in [0, 0.05) is 35.7 Å². The Morgan fingerprint density at radius 2 is 1.93 bits per heavy atom. The molecule has 4 rings (SSSR count). The van der Waals surface area contributed by atoms with Gasteiger partial charge in [-0.05, 0) is 38.0 Å². The van der Waals surface area contributed by atoms with Crippen LogP contribution in [-0.2, 0) is 11.2 Å². The Labute approximate surface area is 169 Å². The Morgan fingerprint density at radius 1 is 1.14 bits per heavy atom. The first-order valence-electron chi connectivity index (χ1n) is 9.79. The molecule has 0 aliphatic heterocycles. The number of carbonyl (C=O) groups excluding carboxylic acids is 2. The van der Waals surface area contributed by atoms with Crippen molar-refractivity contribution in [3.8, 4) is 11.3 Å². The molecule has 6 heteroatoms. The number of benzene rings is 2. The van der Waals surface area contributed by atoms with Crippen LogP contribution in [0.1, 0.15) is 41.1 Å². The van der Waals surface area contributed by atoms with Crippen molar-refractivity contribution < 1.29 is 14.0 Å². The van der Waals surface area contributed by atoms with Gasteiger partial charge in [0.25, 0.3) is 5.91 Å². The van der Waals surface area contributed by atoms with Crippen molar-refractivity contribution >= 4 is 17.5 Å². The number of carbonyl (C=O) groups is 2. The average molecular weight is 389 g/mol. The van der Waals surface area contributed by atoms with Gasteiger partial charge < -0.3 is 15.1 Å². The predicted octanol–water partition coefficient (Wildman–Crippen LogP) is 4.11. The third-order valence-corrected chi connectivity index (χ3v) is 4.78. The highest BCUT2D eigenvalue weighted by atomic mass is 16.4. The van der Waals surface area contributed by atoms with E-state index in [-0.39, 0.29) is 18.2 Å². The van der Waals surface area contributed by atoms with E-state index < -0.39 is 0 Å². The maximum absolute atomic E-state index is 12.3. The third-order valence-electron chi connectivity index (χ3n) is 4.78. The molecular weight excluding hydrogens is 366 g/mol. The van der Waals surface area contributed by atoms with Gasteiger partial charge >= 0.3 is 0 Å². The summed E-state index contributed by atoms with van der Waals surface area (Å²) in [6.45, 7) is 2.03. The number of amides is 2. The zero-order valence-electron chi connectivity index (χ0n) is 16.3. The smallest absolute Gasteiger partial charge is 0.251 e. The molecule has 1 aromatic heterocycles. The molecule has 148 valence electrons. The van der Waals surface area contributed by atoms with Gasteiger partial charge in [0.1, 0.15) is 0 Å². The summed E-state index contributed by atoms with van der Waals surface area (Å²) in [5.74, 6) is 0.954. The molecule has 0 radical (unpaired) electrons. The summed E-state index contributed by atoms with van der Waals surface area (Å²) in [6.07, 6.45) is 4.40. The number of hydrogen-bond donors (Lipinski definition) is 2. The van der Waals surface area contributed by atoms with E-state index in [2.05, 4.69) is 15.6 Å². The van der Waals surface area contributed by atoms with E-state index in [1.165, 1.54) is 5.56 Å². The molecule has 1 saturated carbocycles. The summed E-state index contributed by atoms with van der Waals surface area (Å²) in [4.78, 5) is 28.7. The summed E-state index contributed by atoms with van der Waals surface area (Å²) < 4.78 is 5.76. The molecular formula is C23H23N3O3. The van der Waals surface area contributed by atoms with Crippen LogP contribution < -0.4 is 10.6 Å². The monoisotopic (exact) mass is 389 g/mol. The lowest BCUT2D eigenvalue weighted by atomic mass is 10.1. The first kappa shape index (κ1) is 18.9. The van der Waals surface area contributed by atoms with Crippen molar-refractivity contribution in [3.05, 3.63) is 71.7 Å². The highest BCUT2D eigenvalue weighted by Crippen LogP contribution is 2.22. The molecule has 2 N–H and O–H groups in total. The van der Waals surface area contributed by atoms with E-state index in [1.807, 2.05) is 31.2 Å². The molecule has 2 amide bonds. The standard InChI is InChI=1S/C23H23N3O3/c1-15-5-7-16(8-6-15)20-14-24-22(29-20)12-11-21(27)25-19-4-2-3-17(13-19)23(28)26-18-9-10-18/h2-8,13-14,18H,9-12H2,1H3,(H,25,27)(H,26,28). The van der Waals surface area contributed by atoms with Crippen LogP contribution in [0, 0.1) is 6.92 Å². The van der Waals surface area contributed by atoms with Crippen molar-refractivity contribution in [2.45, 2.75) is 38.6 Å². The molecule has 0 bridgehead atoms. The molecule has 1 aliphatic carbocycles. The molecule has 1 heterocycles. The lowest BCUT2D eigenvalue weighted by Crippen LogP contribution is -2.25. The molecule has 3 aromatic rings. The molecule has 2 aromatic carbocycles. The minimum absolute atomic E-state index is 0.105. The van der Waals surface area contributed by atoms with Crippen LogP contribution in [0.3, 0.4) is 0 Å². The first-order chi connectivity index (χ1) is 14.1. The Bertz CT molecular complexity index is 1020. The summed E-state index contributed by atoms with van der Waals surface area (Å²) in [6, 6.07) is 15.3. The molecule has 1 fully saturated rings. The molecule has 1 aliphatic rings. The molecule has 6 nitrogen and oxygen atoms in total. The minimum atomic E-state index is -0.153. The number of rotatable bonds is 7. The average Bonchev–Trinajstić information content (AvgIpc) is 3.41. The van der Waals surface area contributed by atoms with Crippen molar-refractivity contribution in [2.24, 2.45) is 0 Å². The van der Waals surface area contributed by atoms with Crippen molar-refractivity contribution in [2.75, 3.05) is 5.32 Å². The van der Waals surface area contributed by atoms with Crippen molar-refractivity contribution in [1.29, 1.82) is 0 Å².